The number of hydrogen-bond acceptors (Lipinski definition) is 3. The van der Waals surface area contributed by atoms with E-state index in [1.54, 1.807) is 0 Å². The van der Waals surface area contributed by atoms with Gasteiger partial charge in [-0.2, -0.15) is 0 Å². The molecule has 2 aliphatic rings. The van der Waals surface area contributed by atoms with Crippen LogP contribution in [0.3, 0.4) is 0 Å². The van der Waals surface area contributed by atoms with Crippen LogP contribution in [-0.2, 0) is 14.3 Å². The lowest BCUT2D eigenvalue weighted by Crippen LogP contribution is -2.38. The van der Waals surface area contributed by atoms with Crippen LogP contribution in [0.5, 0.6) is 0 Å². The summed E-state index contributed by atoms with van der Waals surface area (Å²) in [5, 5.41) is 0. The third-order valence-corrected chi connectivity index (χ3v) is 5.68. The normalized spacial score (nSPS) is 34.4. The van der Waals surface area contributed by atoms with Gasteiger partial charge in [0.15, 0.2) is 0 Å². The average molecular weight is 276 g/mol. The summed E-state index contributed by atoms with van der Waals surface area (Å²) in [6, 6.07) is 0. The Morgan fingerprint density at radius 1 is 1.30 bits per heavy atom. The molecular formula is C16H22NO3. The lowest BCUT2D eigenvalue weighted by Gasteiger charge is -2.38. The summed E-state index contributed by atoms with van der Waals surface area (Å²) in [5.74, 6) is -0.733. The molecular weight excluding hydrogens is 254 g/mol. The number of amides is 1. The molecule has 2 fully saturated rings. The van der Waals surface area contributed by atoms with E-state index in [2.05, 4.69) is 27.4 Å². The quantitative estimate of drug-likeness (QED) is 0.450. The standard InChI is InChI=1S/C16H22NO3/c1-10(14(17)19)5-6-13(18)20-12-9-11-7-8-16(12,4)15(11,2)3/h5-6,11-12,17H,1,7-9H2,2-4H3. The van der Waals surface area contributed by atoms with Crippen LogP contribution in [0.2, 0.25) is 0 Å². The van der Waals surface area contributed by atoms with Crippen LogP contribution in [0.25, 0.3) is 0 Å². The predicted molar refractivity (Wildman–Crippen MR) is 75.5 cm³/mol. The fourth-order valence-corrected chi connectivity index (χ4v) is 3.73. The lowest BCUT2D eigenvalue weighted by molar-refractivity contribution is -0.150. The first kappa shape index (κ1) is 14.8. The van der Waals surface area contributed by atoms with Crippen molar-refractivity contribution in [1.82, 2.24) is 5.73 Å². The first-order chi connectivity index (χ1) is 9.18. The number of carbonyl (C=O) groups excluding carboxylic acids is 2. The molecule has 1 amide bonds. The van der Waals surface area contributed by atoms with Gasteiger partial charge in [-0.1, -0.05) is 27.4 Å². The minimum absolute atomic E-state index is 0.0126. The van der Waals surface area contributed by atoms with Crippen molar-refractivity contribution in [2.24, 2.45) is 16.7 Å². The molecule has 0 aromatic heterocycles. The first-order valence-electron chi connectivity index (χ1n) is 7.02. The second-order valence-corrected chi connectivity index (χ2v) is 6.72. The maximum Gasteiger partial charge on any atom is 0.331 e. The van der Waals surface area contributed by atoms with Crippen LogP contribution in [0, 0.1) is 16.7 Å². The van der Waals surface area contributed by atoms with Gasteiger partial charge in [-0.25, -0.2) is 4.79 Å². The number of fused-ring (bicyclic) bond motifs is 2. The predicted octanol–water partition coefficient (Wildman–Crippen LogP) is 2.67. The van der Waals surface area contributed by atoms with Gasteiger partial charge in [-0.3, -0.25) is 10.5 Å². The average Bonchev–Trinajstić information content (AvgIpc) is 2.68. The van der Waals surface area contributed by atoms with Crippen molar-refractivity contribution in [3.8, 4) is 0 Å². The second kappa shape index (κ2) is 4.76. The fourth-order valence-electron chi connectivity index (χ4n) is 3.73. The van der Waals surface area contributed by atoms with Crippen molar-refractivity contribution < 1.29 is 14.3 Å². The summed E-state index contributed by atoms with van der Waals surface area (Å²) in [6.45, 7) is 10.1. The smallest absolute Gasteiger partial charge is 0.331 e. The monoisotopic (exact) mass is 276 g/mol. The van der Waals surface area contributed by atoms with Crippen molar-refractivity contribution in [1.29, 1.82) is 0 Å². The molecule has 4 heteroatoms. The van der Waals surface area contributed by atoms with E-state index in [-0.39, 0.29) is 22.5 Å². The van der Waals surface area contributed by atoms with Gasteiger partial charge in [0.05, 0.1) is 0 Å². The highest BCUT2D eigenvalue weighted by molar-refractivity contribution is 5.95. The lowest BCUT2D eigenvalue weighted by atomic mass is 9.70. The number of esters is 1. The Balaban J connectivity index is 2.01. The Labute approximate surface area is 120 Å². The maximum atomic E-state index is 11.8. The molecule has 0 heterocycles. The molecule has 3 unspecified atom stereocenters. The van der Waals surface area contributed by atoms with E-state index in [1.165, 1.54) is 18.6 Å². The van der Waals surface area contributed by atoms with Crippen molar-refractivity contribution >= 4 is 11.9 Å². The number of nitrogens with one attached hydrogen (secondary N) is 1. The molecule has 20 heavy (non-hydrogen) atoms. The Kier molecular flexibility index (Phi) is 3.53. The summed E-state index contributed by atoms with van der Waals surface area (Å²) in [5.41, 5.74) is 7.08. The molecule has 109 valence electrons. The SMILES string of the molecule is C=C(C=CC(=O)OC1CC2CCC1(C)C2(C)C)C([NH])=O. The molecule has 0 aromatic rings. The van der Waals surface area contributed by atoms with Crippen LogP contribution >= 0.6 is 0 Å². The van der Waals surface area contributed by atoms with Crippen molar-refractivity contribution in [2.75, 3.05) is 0 Å². The van der Waals surface area contributed by atoms with E-state index in [0.29, 0.717) is 5.92 Å². The van der Waals surface area contributed by atoms with Crippen LogP contribution in [0.4, 0.5) is 0 Å². The van der Waals surface area contributed by atoms with Gasteiger partial charge in [0, 0.05) is 17.1 Å². The summed E-state index contributed by atoms with van der Waals surface area (Å²) >= 11 is 0. The van der Waals surface area contributed by atoms with Gasteiger partial charge < -0.3 is 4.74 Å². The van der Waals surface area contributed by atoms with Crippen LogP contribution in [0.15, 0.2) is 24.3 Å². The number of rotatable bonds is 4. The minimum atomic E-state index is -0.887. The maximum absolute atomic E-state index is 11.8. The van der Waals surface area contributed by atoms with Crippen LogP contribution in [0.1, 0.15) is 40.0 Å². The molecule has 2 bridgehead atoms. The molecule has 4 nitrogen and oxygen atoms in total. The van der Waals surface area contributed by atoms with Crippen LogP contribution < -0.4 is 5.73 Å². The Morgan fingerprint density at radius 3 is 2.40 bits per heavy atom. The fraction of sp³-hybridized carbons (Fsp3) is 0.625. The molecule has 1 N–H and O–H groups in total. The van der Waals surface area contributed by atoms with Crippen molar-refractivity contribution in [3.05, 3.63) is 24.3 Å². The summed E-state index contributed by atoms with van der Waals surface area (Å²) in [4.78, 5) is 22.5. The van der Waals surface area contributed by atoms with E-state index < -0.39 is 11.9 Å². The minimum Gasteiger partial charge on any atom is -0.459 e. The zero-order valence-corrected chi connectivity index (χ0v) is 12.4. The zero-order chi connectivity index (χ0) is 15.1. The van der Waals surface area contributed by atoms with E-state index in [9.17, 15) is 9.59 Å². The molecule has 2 aliphatic carbocycles. The van der Waals surface area contributed by atoms with E-state index in [1.807, 2.05) is 0 Å². The summed E-state index contributed by atoms with van der Waals surface area (Å²) in [6.07, 6.45) is 5.59. The number of hydrogen-bond donors (Lipinski definition) is 0. The highest BCUT2D eigenvalue weighted by Gasteiger charge is 2.62. The van der Waals surface area contributed by atoms with Crippen LogP contribution in [-0.4, -0.2) is 18.0 Å². The van der Waals surface area contributed by atoms with Crippen molar-refractivity contribution in [3.63, 3.8) is 0 Å². The third-order valence-electron chi connectivity index (χ3n) is 5.68. The zero-order valence-electron chi connectivity index (χ0n) is 12.4. The summed E-state index contributed by atoms with van der Waals surface area (Å²) in [7, 11) is 0. The number of carbonyl (C=O) groups is 2. The highest BCUT2D eigenvalue weighted by atomic mass is 16.5. The van der Waals surface area contributed by atoms with Gasteiger partial charge in [0.1, 0.15) is 6.10 Å². The molecule has 0 spiro atoms. The van der Waals surface area contributed by atoms with Gasteiger partial charge >= 0.3 is 5.97 Å². The molecule has 0 aromatic carbocycles. The first-order valence-corrected chi connectivity index (χ1v) is 7.02. The molecule has 2 saturated carbocycles. The summed E-state index contributed by atoms with van der Waals surface area (Å²) < 4.78 is 5.57. The van der Waals surface area contributed by atoms with E-state index >= 15 is 0 Å². The second-order valence-electron chi connectivity index (χ2n) is 6.72. The topological polar surface area (TPSA) is 67.2 Å². The largest absolute Gasteiger partial charge is 0.459 e. The Hall–Kier alpha value is -1.58. The molecule has 0 aliphatic heterocycles. The van der Waals surface area contributed by atoms with Gasteiger partial charge in [-0.15, -0.1) is 0 Å². The molecule has 2 rings (SSSR count). The van der Waals surface area contributed by atoms with E-state index in [4.69, 9.17) is 10.5 Å². The van der Waals surface area contributed by atoms with Gasteiger partial charge in [0.2, 0.25) is 0 Å². The third kappa shape index (κ3) is 2.17. The molecule has 1 radical (unpaired) electrons. The highest BCUT2D eigenvalue weighted by Crippen LogP contribution is 2.66. The Bertz CT molecular complexity index is 492. The van der Waals surface area contributed by atoms with Gasteiger partial charge in [-0.05, 0) is 36.7 Å². The number of ether oxygens (including phenoxy) is 1. The molecule has 0 saturated heterocycles. The van der Waals surface area contributed by atoms with Gasteiger partial charge in [0.25, 0.3) is 5.91 Å². The molecule has 3 atom stereocenters. The Morgan fingerprint density at radius 2 is 1.95 bits per heavy atom. The van der Waals surface area contributed by atoms with Crippen molar-refractivity contribution in [2.45, 2.75) is 46.1 Å². The van der Waals surface area contributed by atoms with E-state index in [0.717, 1.165) is 12.8 Å².